The highest BCUT2D eigenvalue weighted by Gasteiger charge is 2.35. The fourth-order valence-electron chi connectivity index (χ4n) is 1.76. The Bertz CT molecular complexity index is 349. The van der Waals surface area contributed by atoms with Crippen LogP contribution in [0, 0.1) is 0 Å². The van der Waals surface area contributed by atoms with Crippen molar-refractivity contribution in [3.63, 3.8) is 0 Å². The number of aryl methyl sites for hydroxylation is 2. The minimum absolute atomic E-state index is 0.0555. The van der Waals surface area contributed by atoms with E-state index in [4.69, 9.17) is 5.73 Å². The molecule has 2 rings (SSSR count). The number of aromatic nitrogens is 1. The van der Waals surface area contributed by atoms with Gasteiger partial charge in [0.2, 0.25) is 0 Å². The molecule has 0 unspecified atom stereocenters. The Morgan fingerprint density at radius 1 is 1.47 bits per heavy atom. The van der Waals surface area contributed by atoms with Crippen LogP contribution in [-0.2, 0) is 19.3 Å². The van der Waals surface area contributed by atoms with E-state index in [1.807, 2.05) is 0 Å². The lowest BCUT2D eigenvalue weighted by Gasteiger charge is -2.19. The highest BCUT2D eigenvalue weighted by Crippen LogP contribution is 2.35. The quantitative estimate of drug-likeness (QED) is 0.867. The van der Waals surface area contributed by atoms with Crippen molar-refractivity contribution < 1.29 is 8.78 Å². The van der Waals surface area contributed by atoms with E-state index in [1.54, 1.807) is 0 Å². The summed E-state index contributed by atoms with van der Waals surface area (Å²) in [4.78, 5) is 5.16. The van der Waals surface area contributed by atoms with Crippen LogP contribution in [0.4, 0.5) is 8.78 Å². The zero-order chi connectivity index (χ0) is 10.9. The number of halogens is 2. The zero-order valence-corrected chi connectivity index (χ0v) is 9.25. The van der Waals surface area contributed by atoms with Gasteiger partial charge in [-0.15, -0.1) is 11.3 Å². The Hall–Kier alpha value is -0.550. The summed E-state index contributed by atoms with van der Waals surface area (Å²) in [6.07, 6.45) is 1.94. The van der Waals surface area contributed by atoms with Crippen molar-refractivity contribution in [3.8, 4) is 0 Å². The number of fused-ring (bicyclic) bond motifs is 1. The molecule has 1 aliphatic rings. The van der Waals surface area contributed by atoms with Crippen LogP contribution in [0.15, 0.2) is 0 Å². The Morgan fingerprint density at radius 3 is 3.00 bits per heavy atom. The molecule has 0 bridgehead atoms. The fraction of sp³-hybridized carbons (Fsp3) is 0.700. The maximum Gasteiger partial charge on any atom is 0.253 e. The van der Waals surface area contributed by atoms with Gasteiger partial charge in [0.05, 0.1) is 10.7 Å². The molecule has 0 aromatic carbocycles. The lowest BCUT2D eigenvalue weighted by atomic mass is 9.99. The second kappa shape index (κ2) is 4.14. The molecule has 1 heterocycles. The first-order valence-corrected chi connectivity index (χ1v) is 5.98. The number of nitrogens with two attached hydrogens (primary N) is 1. The van der Waals surface area contributed by atoms with Crippen LogP contribution in [0.3, 0.4) is 0 Å². The molecule has 5 heteroatoms. The second-order valence-corrected chi connectivity index (χ2v) is 5.07. The predicted molar refractivity (Wildman–Crippen MR) is 56.5 cm³/mol. The molecule has 2 nitrogen and oxygen atoms in total. The molecule has 15 heavy (non-hydrogen) atoms. The SMILES string of the molecule is NCCCc1nc2c(s1)CC(F)(F)CC2. The number of hydrogen-bond acceptors (Lipinski definition) is 3. The predicted octanol–water partition coefficient (Wildman–Crippen LogP) is 2.16. The Labute approximate surface area is 91.5 Å². The summed E-state index contributed by atoms with van der Waals surface area (Å²) in [6.45, 7) is 0.625. The van der Waals surface area contributed by atoms with Gasteiger partial charge >= 0.3 is 0 Å². The lowest BCUT2D eigenvalue weighted by Crippen LogP contribution is -2.24. The van der Waals surface area contributed by atoms with E-state index in [-0.39, 0.29) is 12.8 Å². The van der Waals surface area contributed by atoms with Crippen molar-refractivity contribution in [2.75, 3.05) is 6.54 Å². The minimum atomic E-state index is -2.52. The van der Waals surface area contributed by atoms with E-state index < -0.39 is 5.92 Å². The minimum Gasteiger partial charge on any atom is -0.330 e. The normalized spacial score (nSPS) is 18.9. The van der Waals surface area contributed by atoms with Crippen molar-refractivity contribution in [2.45, 2.75) is 38.0 Å². The smallest absolute Gasteiger partial charge is 0.253 e. The molecule has 0 atom stereocenters. The molecule has 2 N–H and O–H groups in total. The van der Waals surface area contributed by atoms with Crippen LogP contribution >= 0.6 is 11.3 Å². The summed E-state index contributed by atoms with van der Waals surface area (Å²) < 4.78 is 26.2. The third kappa shape index (κ3) is 2.52. The number of hydrogen-bond donors (Lipinski definition) is 1. The molecule has 0 fully saturated rings. The molecule has 0 saturated heterocycles. The van der Waals surface area contributed by atoms with Gasteiger partial charge in [-0.05, 0) is 19.4 Å². The molecule has 84 valence electrons. The number of thiazole rings is 1. The van der Waals surface area contributed by atoms with Crippen molar-refractivity contribution >= 4 is 11.3 Å². The second-order valence-electron chi connectivity index (χ2n) is 3.90. The summed E-state index contributed by atoms with van der Waals surface area (Å²) in [6, 6.07) is 0. The van der Waals surface area contributed by atoms with Gasteiger partial charge in [-0.1, -0.05) is 0 Å². The van der Waals surface area contributed by atoms with E-state index >= 15 is 0 Å². The summed E-state index contributed by atoms with van der Waals surface area (Å²) in [5.74, 6) is -2.52. The molecule has 0 aliphatic heterocycles. The Balaban J connectivity index is 2.11. The van der Waals surface area contributed by atoms with Gasteiger partial charge in [-0.2, -0.15) is 0 Å². The van der Waals surface area contributed by atoms with E-state index in [0.717, 1.165) is 28.4 Å². The van der Waals surface area contributed by atoms with Crippen LogP contribution in [0.25, 0.3) is 0 Å². The van der Waals surface area contributed by atoms with Crippen LogP contribution in [0.2, 0.25) is 0 Å². The molecule has 0 spiro atoms. The van der Waals surface area contributed by atoms with Crippen molar-refractivity contribution in [2.24, 2.45) is 5.73 Å². The summed E-state index contributed by atoms with van der Waals surface area (Å²) >= 11 is 1.43. The largest absolute Gasteiger partial charge is 0.330 e. The van der Waals surface area contributed by atoms with Crippen molar-refractivity contribution in [3.05, 3.63) is 15.6 Å². The highest BCUT2D eigenvalue weighted by atomic mass is 32.1. The van der Waals surface area contributed by atoms with Gasteiger partial charge in [0.1, 0.15) is 0 Å². The van der Waals surface area contributed by atoms with E-state index in [9.17, 15) is 8.78 Å². The first-order chi connectivity index (χ1) is 7.11. The maximum atomic E-state index is 13.1. The summed E-state index contributed by atoms with van der Waals surface area (Å²) in [5.41, 5.74) is 6.29. The molecule has 0 radical (unpaired) electrons. The monoisotopic (exact) mass is 232 g/mol. The van der Waals surface area contributed by atoms with Gasteiger partial charge in [-0.25, -0.2) is 13.8 Å². The fourth-order valence-corrected chi connectivity index (χ4v) is 2.99. The van der Waals surface area contributed by atoms with Crippen molar-refractivity contribution in [1.82, 2.24) is 4.98 Å². The van der Waals surface area contributed by atoms with Gasteiger partial charge in [0.15, 0.2) is 0 Å². The average molecular weight is 232 g/mol. The van der Waals surface area contributed by atoms with Crippen LogP contribution in [-0.4, -0.2) is 17.5 Å². The molecule has 0 saturated carbocycles. The topological polar surface area (TPSA) is 38.9 Å². The number of rotatable bonds is 3. The first kappa shape index (κ1) is 11.0. The maximum absolute atomic E-state index is 13.1. The van der Waals surface area contributed by atoms with E-state index in [0.29, 0.717) is 13.0 Å². The van der Waals surface area contributed by atoms with Gasteiger partial charge < -0.3 is 5.73 Å². The molecule has 0 amide bonds. The van der Waals surface area contributed by atoms with Crippen LogP contribution in [0.5, 0.6) is 0 Å². The number of nitrogens with zero attached hydrogens (tertiary/aromatic N) is 1. The van der Waals surface area contributed by atoms with Crippen LogP contribution in [0.1, 0.15) is 28.4 Å². The molecular formula is C10H14F2N2S. The third-order valence-corrected chi connectivity index (χ3v) is 3.72. The number of alkyl halides is 2. The third-order valence-electron chi connectivity index (χ3n) is 2.56. The van der Waals surface area contributed by atoms with E-state index in [1.165, 1.54) is 11.3 Å². The Kier molecular flexibility index (Phi) is 3.02. The summed E-state index contributed by atoms with van der Waals surface area (Å²) in [5, 5.41) is 0.961. The first-order valence-electron chi connectivity index (χ1n) is 5.16. The Morgan fingerprint density at radius 2 is 2.27 bits per heavy atom. The standard InChI is InChI=1S/C10H14F2N2S/c11-10(12)4-3-7-8(6-10)15-9(14-7)2-1-5-13/h1-6,13H2. The molecule has 1 aromatic heterocycles. The van der Waals surface area contributed by atoms with Crippen molar-refractivity contribution in [1.29, 1.82) is 0 Å². The van der Waals surface area contributed by atoms with Gasteiger partial charge in [0.25, 0.3) is 5.92 Å². The molecule has 1 aromatic rings. The molecule has 1 aliphatic carbocycles. The van der Waals surface area contributed by atoms with Gasteiger partial charge in [0, 0.05) is 24.1 Å². The van der Waals surface area contributed by atoms with Gasteiger partial charge in [-0.3, -0.25) is 0 Å². The van der Waals surface area contributed by atoms with E-state index in [2.05, 4.69) is 4.98 Å². The molecular weight excluding hydrogens is 218 g/mol. The summed E-state index contributed by atoms with van der Waals surface area (Å²) in [7, 11) is 0. The average Bonchev–Trinajstić information content (AvgIpc) is 2.55. The van der Waals surface area contributed by atoms with Crippen LogP contribution < -0.4 is 5.73 Å². The lowest BCUT2D eigenvalue weighted by molar-refractivity contribution is -0.0116. The zero-order valence-electron chi connectivity index (χ0n) is 8.43. The highest BCUT2D eigenvalue weighted by molar-refractivity contribution is 7.11.